The van der Waals surface area contributed by atoms with E-state index < -0.39 is 0 Å². The lowest BCUT2D eigenvalue weighted by Crippen LogP contribution is -2.24. The SMILES string of the molecule is C=S(C)C(=O)CN(C)Cc1ccccc1. The Kier molecular flexibility index (Phi) is 4.72. The molecule has 0 saturated carbocycles. The summed E-state index contributed by atoms with van der Waals surface area (Å²) in [4.78, 5) is 13.5. The summed E-state index contributed by atoms with van der Waals surface area (Å²) >= 11 is 0. The number of carbonyl (C=O) groups is 1. The van der Waals surface area contributed by atoms with Gasteiger partial charge in [0.2, 0.25) is 0 Å². The van der Waals surface area contributed by atoms with E-state index >= 15 is 0 Å². The number of hydrogen-bond acceptors (Lipinski definition) is 2. The maximum Gasteiger partial charge on any atom is 0.196 e. The van der Waals surface area contributed by atoms with Crippen molar-refractivity contribution in [1.82, 2.24) is 4.90 Å². The fraction of sp³-hybridized carbons (Fsp3) is 0.333. The number of nitrogens with zero attached hydrogens (tertiary/aromatic N) is 1. The van der Waals surface area contributed by atoms with Crippen LogP contribution in [0.5, 0.6) is 0 Å². The lowest BCUT2D eigenvalue weighted by Gasteiger charge is -2.15. The van der Waals surface area contributed by atoms with Gasteiger partial charge in [-0.25, -0.2) is 0 Å². The first-order valence-corrected chi connectivity index (χ1v) is 6.60. The summed E-state index contributed by atoms with van der Waals surface area (Å²) < 4.78 is 0. The summed E-state index contributed by atoms with van der Waals surface area (Å²) in [5.41, 5.74) is 1.23. The first kappa shape index (κ1) is 12.1. The highest BCUT2D eigenvalue weighted by molar-refractivity contribution is 8.26. The van der Waals surface area contributed by atoms with Crippen LogP contribution in [-0.4, -0.2) is 35.7 Å². The van der Waals surface area contributed by atoms with E-state index in [-0.39, 0.29) is 15.6 Å². The summed E-state index contributed by atoms with van der Waals surface area (Å²) in [6.45, 7) is 1.29. The molecule has 82 valence electrons. The Morgan fingerprint density at radius 2 is 2.00 bits per heavy atom. The Morgan fingerprint density at radius 1 is 1.40 bits per heavy atom. The molecule has 1 atom stereocenters. The minimum Gasteiger partial charge on any atom is -0.294 e. The summed E-state index contributed by atoms with van der Waals surface area (Å²) in [5, 5.41) is 0.216. The second-order valence-electron chi connectivity index (χ2n) is 3.67. The standard InChI is InChI=1S/C12H17NOS/c1-13(10-12(14)15(2)3)9-11-7-5-4-6-8-11/h4-8H,2,9-10H2,1,3H3. The predicted molar refractivity (Wildman–Crippen MR) is 68.4 cm³/mol. The summed E-state index contributed by atoms with van der Waals surface area (Å²) in [6, 6.07) is 10.1. The zero-order chi connectivity index (χ0) is 11.3. The van der Waals surface area contributed by atoms with Gasteiger partial charge < -0.3 is 0 Å². The molecular formula is C12H17NOS. The average Bonchev–Trinajstić information content (AvgIpc) is 2.18. The second-order valence-corrected chi connectivity index (χ2v) is 5.40. The van der Waals surface area contributed by atoms with Crippen molar-refractivity contribution in [1.29, 1.82) is 0 Å². The van der Waals surface area contributed by atoms with Crippen LogP contribution < -0.4 is 0 Å². The Bertz CT molecular complexity index is 348. The Morgan fingerprint density at radius 3 is 2.53 bits per heavy atom. The molecule has 0 aliphatic carbocycles. The first-order valence-electron chi connectivity index (χ1n) is 4.80. The molecule has 0 spiro atoms. The van der Waals surface area contributed by atoms with Gasteiger partial charge >= 0.3 is 0 Å². The Labute approximate surface area is 93.8 Å². The number of benzene rings is 1. The topological polar surface area (TPSA) is 20.3 Å². The molecule has 0 bridgehead atoms. The van der Waals surface area contributed by atoms with E-state index in [1.807, 2.05) is 36.4 Å². The average molecular weight is 223 g/mol. The fourth-order valence-electron chi connectivity index (χ4n) is 1.28. The van der Waals surface area contributed by atoms with Crippen LogP contribution in [0, 0.1) is 0 Å². The van der Waals surface area contributed by atoms with E-state index in [0.717, 1.165) is 6.54 Å². The molecule has 0 N–H and O–H groups in total. The lowest BCUT2D eigenvalue weighted by atomic mass is 10.2. The van der Waals surface area contributed by atoms with Crippen LogP contribution in [0.3, 0.4) is 0 Å². The van der Waals surface area contributed by atoms with Gasteiger partial charge in [0.25, 0.3) is 0 Å². The second kappa shape index (κ2) is 5.83. The third-order valence-electron chi connectivity index (χ3n) is 2.08. The Hall–Kier alpha value is -0.930. The Balaban J connectivity index is 2.46. The zero-order valence-electron chi connectivity index (χ0n) is 9.27. The molecule has 0 amide bonds. The van der Waals surface area contributed by atoms with E-state index in [9.17, 15) is 4.79 Å². The number of rotatable bonds is 4. The summed E-state index contributed by atoms with van der Waals surface area (Å²) in [6.07, 6.45) is 1.86. The summed E-state index contributed by atoms with van der Waals surface area (Å²) in [7, 11) is 1.59. The molecule has 1 unspecified atom stereocenters. The number of carbonyl (C=O) groups excluding carboxylic acids is 1. The molecule has 1 aromatic carbocycles. The van der Waals surface area contributed by atoms with E-state index in [0.29, 0.717) is 6.54 Å². The third-order valence-corrected chi connectivity index (χ3v) is 2.99. The molecule has 0 saturated heterocycles. The highest BCUT2D eigenvalue weighted by Gasteiger charge is 2.06. The first-order chi connectivity index (χ1) is 7.09. The van der Waals surface area contributed by atoms with Crippen molar-refractivity contribution in [3.8, 4) is 0 Å². The normalized spacial score (nSPS) is 12.7. The van der Waals surface area contributed by atoms with Crippen molar-refractivity contribution < 1.29 is 4.79 Å². The van der Waals surface area contributed by atoms with Crippen LogP contribution >= 0.6 is 10.5 Å². The van der Waals surface area contributed by atoms with Gasteiger partial charge in [0, 0.05) is 6.54 Å². The molecule has 1 rings (SSSR count). The minimum absolute atomic E-state index is 0.216. The molecule has 1 aromatic rings. The van der Waals surface area contributed by atoms with Crippen molar-refractivity contribution in [2.45, 2.75) is 6.54 Å². The molecule has 3 heteroatoms. The fourth-order valence-corrected chi connectivity index (χ4v) is 1.72. The van der Waals surface area contributed by atoms with E-state index in [4.69, 9.17) is 0 Å². The molecule has 15 heavy (non-hydrogen) atoms. The van der Waals surface area contributed by atoms with E-state index in [1.54, 1.807) is 0 Å². The lowest BCUT2D eigenvalue weighted by molar-refractivity contribution is -0.111. The molecular weight excluding hydrogens is 206 g/mol. The molecule has 0 heterocycles. The van der Waals surface area contributed by atoms with Crippen molar-refractivity contribution in [3.05, 3.63) is 35.9 Å². The quantitative estimate of drug-likeness (QED) is 0.727. The number of likely N-dealkylation sites (N-methyl/N-ethyl adjacent to an activating group) is 1. The van der Waals surface area contributed by atoms with Crippen LogP contribution in [0.25, 0.3) is 0 Å². The highest BCUT2D eigenvalue weighted by atomic mass is 32.2. The van der Waals surface area contributed by atoms with Crippen molar-refractivity contribution in [3.63, 3.8) is 0 Å². The van der Waals surface area contributed by atoms with Crippen molar-refractivity contribution in [2.24, 2.45) is 0 Å². The van der Waals surface area contributed by atoms with E-state index in [1.165, 1.54) is 5.56 Å². The molecule has 0 aromatic heterocycles. The van der Waals surface area contributed by atoms with Crippen molar-refractivity contribution in [2.75, 3.05) is 19.8 Å². The van der Waals surface area contributed by atoms with Gasteiger partial charge in [-0.3, -0.25) is 9.69 Å². The van der Waals surface area contributed by atoms with Gasteiger partial charge in [-0.1, -0.05) is 36.2 Å². The largest absolute Gasteiger partial charge is 0.294 e. The van der Waals surface area contributed by atoms with Gasteiger partial charge in [-0.15, -0.1) is 10.5 Å². The summed E-state index contributed by atoms with van der Waals surface area (Å²) in [5.74, 6) is 3.75. The van der Waals surface area contributed by atoms with Gasteiger partial charge in [0.05, 0.1) is 6.54 Å². The van der Waals surface area contributed by atoms with Crippen LogP contribution in [0.1, 0.15) is 5.56 Å². The molecule has 0 fully saturated rings. The maximum atomic E-state index is 11.5. The molecule has 0 radical (unpaired) electrons. The van der Waals surface area contributed by atoms with Gasteiger partial charge in [-0.05, 0) is 18.9 Å². The van der Waals surface area contributed by atoms with Crippen LogP contribution in [0.2, 0.25) is 0 Å². The monoisotopic (exact) mass is 223 g/mol. The number of hydrogen-bond donors (Lipinski definition) is 0. The van der Waals surface area contributed by atoms with Crippen LogP contribution in [0.4, 0.5) is 0 Å². The molecule has 0 aliphatic heterocycles. The van der Waals surface area contributed by atoms with Crippen LogP contribution in [-0.2, 0) is 11.3 Å². The smallest absolute Gasteiger partial charge is 0.196 e. The zero-order valence-corrected chi connectivity index (χ0v) is 10.1. The van der Waals surface area contributed by atoms with Crippen LogP contribution in [0.15, 0.2) is 30.3 Å². The molecule has 0 aliphatic rings. The highest BCUT2D eigenvalue weighted by Crippen LogP contribution is 2.07. The van der Waals surface area contributed by atoms with Gasteiger partial charge in [0.15, 0.2) is 5.12 Å². The van der Waals surface area contributed by atoms with Gasteiger partial charge in [-0.2, -0.15) is 0 Å². The maximum absolute atomic E-state index is 11.5. The van der Waals surface area contributed by atoms with Crippen molar-refractivity contribution >= 4 is 21.5 Å². The minimum atomic E-state index is -0.369. The van der Waals surface area contributed by atoms with Gasteiger partial charge in [0.1, 0.15) is 0 Å². The van der Waals surface area contributed by atoms with E-state index in [2.05, 4.69) is 18.0 Å². The third kappa shape index (κ3) is 4.40. The molecule has 2 nitrogen and oxygen atoms in total. The predicted octanol–water partition coefficient (Wildman–Crippen LogP) is 1.98.